The lowest BCUT2D eigenvalue weighted by Crippen LogP contribution is -2.55. The fraction of sp³-hybridized carbons (Fsp3) is 0.364. The summed E-state index contributed by atoms with van der Waals surface area (Å²) in [6.07, 6.45) is 5.74. The Hall–Kier alpha value is -3.42. The number of nitrogens with one attached hydrogen (secondary N) is 1. The van der Waals surface area contributed by atoms with Crippen molar-refractivity contribution in [3.05, 3.63) is 48.3 Å². The minimum atomic E-state index is -0.883. The van der Waals surface area contributed by atoms with E-state index in [1.165, 1.54) is 7.11 Å². The number of methoxy groups -OCH3 is 1. The number of benzene rings is 1. The number of aromatic nitrogens is 3. The first kappa shape index (κ1) is 18.6. The topological polar surface area (TPSA) is 88.8 Å². The highest BCUT2D eigenvalue weighted by Gasteiger charge is 2.62. The van der Waals surface area contributed by atoms with E-state index in [0.29, 0.717) is 24.7 Å². The van der Waals surface area contributed by atoms with Crippen LogP contribution in [0.3, 0.4) is 0 Å². The van der Waals surface area contributed by atoms with Crippen molar-refractivity contribution >= 4 is 23.6 Å². The molecule has 1 aliphatic carbocycles. The molecule has 0 radical (unpaired) electrons. The number of aryl methyl sites for hydroxylation is 1. The van der Waals surface area contributed by atoms with Gasteiger partial charge in [0.2, 0.25) is 0 Å². The number of hydrogen-bond acceptors (Lipinski definition) is 6. The molecule has 1 aromatic carbocycles. The Morgan fingerprint density at radius 2 is 2.27 bits per heavy atom. The van der Waals surface area contributed by atoms with Gasteiger partial charge in [0.1, 0.15) is 11.8 Å². The predicted octanol–water partition coefficient (Wildman–Crippen LogP) is 2.91. The van der Waals surface area contributed by atoms with Crippen molar-refractivity contribution in [2.24, 2.45) is 5.92 Å². The third kappa shape index (κ3) is 2.91. The minimum absolute atomic E-state index is 0.111. The van der Waals surface area contributed by atoms with Crippen LogP contribution in [0.15, 0.2) is 42.7 Å². The molecule has 1 saturated carbocycles. The highest BCUT2D eigenvalue weighted by atomic mass is 16.5. The number of ether oxygens (including phenoxy) is 1. The number of carbonyl (C=O) groups is 2. The van der Waals surface area contributed by atoms with Crippen LogP contribution in [0.2, 0.25) is 0 Å². The van der Waals surface area contributed by atoms with Crippen LogP contribution in [0.4, 0.5) is 10.5 Å². The van der Waals surface area contributed by atoms with E-state index >= 15 is 0 Å². The maximum atomic E-state index is 12.3. The summed E-state index contributed by atoms with van der Waals surface area (Å²) in [5, 5.41) is 7.94. The molecule has 1 amide bonds. The van der Waals surface area contributed by atoms with Crippen LogP contribution in [-0.4, -0.2) is 57.1 Å². The summed E-state index contributed by atoms with van der Waals surface area (Å²) in [6.45, 7) is 2.34. The number of hydrogen-bond donors (Lipinski definition) is 1. The minimum Gasteiger partial charge on any atom is -0.453 e. The summed E-state index contributed by atoms with van der Waals surface area (Å²) in [5.74, 6) is 1.01. The summed E-state index contributed by atoms with van der Waals surface area (Å²) in [6, 6.07) is 9.93. The number of carbonyl (C=O) groups excluding carboxylic acids is 2. The molecule has 3 aromatic rings. The van der Waals surface area contributed by atoms with Gasteiger partial charge in [0.15, 0.2) is 5.82 Å². The Bertz CT molecular complexity index is 1140. The van der Waals surface area contributed by atoms with E-state index in [4.69, 9.17) is 4.74 Å². The lowest BCUT2D eigenvalue weighted by atomic mass is 9.95. The fourth-order valence-corrected chi connectivity index (χ4v) is 4.55. The van der Waals surface area contributed by atoms with Gasteiger partial charge < -0.3 is 14.8 Å². The summed E-state index contributed by atoms with van der Waals surface area (Å²) >= 11 is 0. The summed E-state index contributed by atoms with van der Waals surface area (Å²) in [7, 11) is 1.36. The van der Waals surface area contributed by atoms with Crippen LogP contribution in [-0.2, 0) is 9.53 Å². The molecule has 1 saturated heterocycles. The van der Waals surface area contributed by atoms with E-state index in [1.807, 2.05) is 43.5 Å². The molecule has 8 heteroatoms. The van der Waals surface area contributed by atoms with Crippen molar-refractivity contribution in [1.29, 1.82) is 0 Å². The second-order valence-electron chi connectivity index (χ2n) is 8.17. The van der Waals surface area contributed by atoms with E-state index in [-0.39, 0.29) is 6.04 Å². The lowest BCUT2D eigenvalue weighted by molar-refractivity contribution is -0.116. The van der Waals surface area contributed by atoms with Gasteiger partial charge in [-0.2, -0.15) is 0 Å². The quantitative estimate of drug-likeness (QED) is 0.657. The molecule has 1 aliphatic heterocycles. The Morgan fingerprint density at radius 1 is 1.40 bits per heavy atom. The monoisotopic (exact) mass is 405 g/mol. The molecule has 154 valence electrons. The van der Waals surface area contributed by atoms with Gasteiger partial charge in [-0.1, -0.05) is 6.07 Å². The highest BCUT2D eigenvalue weighted by Crippen LogP contribution is 2.52. The van der Waals surface area contributed by atoms with E-state index in [2.05, 4.69) is 15.4 Å². The number of piperidine rings is 1. The first-order valence-electron chi connectivity index (χ1n) is 10.0. The van der Waals surface area contributed by atoms with Crippen molar-refractivity contribution in [2.45, 2.75) is 31.3 Å². The van der Waals surface area contributed by atoms with Crippen LogP contribution < -0.4 is 5.32 Å². The molecule has 3 heterocycles. The van der Waals surface area contributed by atoms with Crippen molar-refractivity contribution < 1.29 is 14.3 Å². The number of anilines is 1. The Labute approximate surface area is 173 Å². The van der Waals surface area contributed by atoms with Crippen molar-refractivity contribution in [1.82, 2.24) is 19.5 Å². The molecule has 0 bridgehead atoms. The molecule has 0 spiro atoms. The maximum Gasteiger partial charge on any atom is 0.410 e. The van der Waals surface area contributed by atoms with E-state index in [0.717, 1.165) is 35.0 Å². The molecule has 2 aromatic heterocycles. The largest absolute Gasteiger partial charge is 0.453 e. The van der Waals surface area contributed by atoms with Gasteiger partial charge in [-0.15, -0.1) is 5.10 Å². The number of rotatable bonds is 5. The van der Waals surface area contributed by atoms with Gasteiger partial charge in [-0.25, -0.2) is 14.3 Å². The van der Waals surface area contributed by atoms with Gasteiger partial charge in [0, 0.05) is 30.0 Å². The smallest absolute Gasteiger partial charge is 0.410 e. The van der Waals surface area contributed by atoms with Crippen LogP contribution in [0.25, 0.3) is 16.9 Å². The second kappa shape index (κ2) is 6.83. The van der Waals surface area contributed by atoms with Crippen molar-refractivity contribution in [3.63, 3.8) is 0 Å². The number of likely N-dealkylation sites (tertiary alicyclic amines) is 1. The molecule has 30 heavy (non-hydrogen) atoms. The Kier molecular flexibility index (Phi) is 4.23. The SMILES string of the molecule is COC(=O)N1C2CC2CC1(C=O)CNc1ccc(C)c(-c2ncc3cccn3n2)c1. The zero-order valence-corrected chi connectivity index (χ0v) is 16.9. The Morgan fingerprint density at radius 3 is 3.07 bits per heavy atom. The van der Waals surface area contributed by atoms with Crippen molar-refractivity contribution in [2.75, 3.05) is 19.0 Å². The average molecular weight is 405 g/mol. The molecule has 3 unspecified atom stereocenters. The van der Waals surface area contributed by atoms with Crippen LogP contribution in [0, 0.1) is 12.8 Å². The predicted molar refractivity (Wildman–Crippen MR) is 111 cm³/mol. The third-order valence-electron chi connectivity index (χ3n) is 6.26. The average Bonchev–Trinajstić information content (AvgIpc) is 3.21. The standard InChI is InChI=1S/C22H23N5O3/c1-14-5-6-16(9-18(14)20-23-11-17-4-3-7-26(17)25-20)24-12-22(13-28)10-15-8-19(15)27(22)21(29)30-2/h3-7,9,11,13,15,19,24H,8,10,12H2,1-2H3. The fourth-order valence-electron chi connectivity index (χ4n) is 4.55. The maximum absolute atomic E-state index is 12.3. The molecular formula is C22H23N5O3. The zero-order chi connectivity index (χ0) is 20.9. The molecule has 3 atom stereocenters. The molecule has 1 N–H and O–H groups in total. The number of nitrogens with zero attached hydrogens (tertiary/aromatic N) is 4. The number of fused-ring (bicyclic) bond motifs is 2. The first-order valence-corrected chi connectivity index (χ1v) is 10.0. The van der Waals surface area contributed by atoms with Gasteiger partial charge in [-0.3, -0.25) is 4.90 Å². The molecule has 5 rings (SSSR count). The number of aldehydes is 1. The van der Waals surface area contributed by atoms with Gasteiger partial charge in [-0.05, 0) is 55.5 Å². The van der Waals surface area contributed by atoms with Gasteiger partial charge in [0.05, 0.1) is 18.8 Å². The van der Waals surface area contributed by atoms with Crippen LogP contribution in [0.1, 0.15) is 18.4 Å². The third-order valence-corrected chi connectivity index (χ3v) is 6.26. The van der Waals surface area contributed by atoms with Gasteiger partial charge in [0.25, 0.3) is 0 Å². The van der Waals surface area contributed by atoms with Gasteiger partial charge >= 0.3 is 6.09 Å². The van der Waals surface area contributed by atoms with E-state index in [1.54, 1.807) is 15.6 Å². The molecule has 8 nitrogen and oxygen atoms in total. The van der Waals surface area contributed by atoms with Crippen LogP contribution >= 0.6 is 0 Å². The van der Waals surface area contributed by atoms with E-state index < -0.39 is 11.6 Å². The number of amides is 1. The van der Waals surface area contributed by atoms with E-state index in [9.17, 15) is 9.59 Å². The Balaban J connectivity index is 1.41. The normalized spacial score (nSPS) is 24.5. The summed E-state index contributed by atoms with van der Waals surface area (Å²) < 4.78 is 6.74. The molecule has 2 fully saturated rings. The summed E-state index contributed by atoms with van der Waals surface area (Å²) in [5.41, 5.74) is 2.86. The first-order chi connectivity index (χ1) is 14.5. The van der Waals surface area contributed by atoms with Crippen LogP contribution in [0.5, 0.6) is 0 Å². The molecule has 2 aliphatic rings. The van der Waals surface area contributed by atoms with Crippen molar-refractivity contribution in [3.8, 4) is 11.4 Å². The summed E-state index contributed by atoms with van der Waals surface area (Å²) in [4.78, 5) is 30.5. The second-order valence-corrected chi connectivity index (χ2v) is 8.17. The highest BCUT2D eigenvalue weighted by molar-refractivity contribution is 5.80. The molecular weight excluding hydrogens is 382 g/mol. The zero-order valence-electron chi connectivity index (χ0n) is 16.9. The lowest BCUT2D eigenvalue weighted by Gasteiger charge is -2.35.